The van der Waals surface area contributed by atoms with E-state index in [1.54, 1.807) is 5.38 Å². The standard InChI is InChI=1S/C8H9N3O3S/c1-5(14)10-6(2-12)7-3-15-8(11-7)9-4-13/h2-4,6H,1H3,(H,10,14)(H,9,11,13). The zero-order chi connectivity index (χ0) is 11.3. The van der Waals surface area contributed by atoms with E-state index in [2.05, 4.69) is 15.6 Å². The molecule has 0 aliphatic carbocycles. The summed E-state index contributed by atoms with van der Waals surface area (Å²) in [5.74, 6) is -0.315. The van der Waals surface area contributed by atoms with Gasteiger partial charge in [-0.1, -0.05) is 0 Å². The molecule has 80 valence electrons. The van der Waals surface area contributed by atoms with E-state index < -0.39 is 6.04 Å². The average molecular weight is 227 g/mol. The lowest BCUT2D eigenvalue weighted by Gasteiger charge is -2.07. The van der Waals surface area contributed by atoms with Crippen molar-refractivity contribution in [1.82, 2.24) is 10.3 Å². The summed E-state index contributed by atoms with van der Waals surface area (Å²) >= 11 is 1.18. The molecule has 1 unspecified atom stereocenters. The minimum absolute atomic E-state index is 0.315. The molecule has 7 heteroatoms. The SMILES string of the molecule is CC(=O)NC(C=O)c1csc(NC=O)n1. The van der Waals surface area contributed by atoms with Gasteiger partial charge in [-0.2, -0.15) is 0 Å². The predicted molar refractivity (Wildman–Crippen MR) is 54.4 cm³/mol. The normalized spacial score (nSPS) is 11.5. The number of amides is 2. The van der Waals surface area contributed by atoms with Gasteiger partial charge in [0.05, 0.1) is 5.69 Å². The number of aldehydes is 1. The van der Waals surface area contributed by atoms with Gasteiger partial charge in [-0.15, -0.1) is 11.3 Å². The van der Waals surface area contributed by atoms with Gasteiger partial charge in [0.25, 0.3) is 0 Å². The number of aromatic nitrogens is 1. The second-order valence-electron chi connectivity index (χ2n) is 2.65. The van der Waals surface area contributed by atoms with Gasteiger partial charge in [0.2, 0.25) is 12.3 Å². The molecule has 0 saturated heterocycles. The molecule has 1 aromatic rings. The highest BCUT2D eigenvalue weighted by Gasteiger charge is 2.14. The molecule has 15 heavy (non-hydrogen) atoms. The summed E-state index contributed by atoms with van der Waals surface area (Å²) in [4.78, 5) is 35.5. The summed E-state index contributed by atoms with van der Waals surface area (Å²) in [6, 6.07) is -0.763. The Bertz CT molecular complexity index is 377. The predicted octanol–water partition coefficient (Wildman–Crippen LogP) is 0.0875. The maximum absolute atomic E-state index is 10.8. The van der Waals surface area contributed by atoms with E-state index in [-0.39, 0.29) is 5.91 Å². The Hall–Kier alpha value is -1.76. The van der Waals surface area contributed by atoms with Crippen molar-refractivity contribution >= 4 is 35.1 Å². The van der Waals surface area contributed by atoms with Gasteiger partial charge in [0, 0.05) is 12.3 Å². The molecule has 0 fully saturated rings. The Morgan fingerprint density at radius 2 is 2.33 bits per heavy atom. The summed E-state index contributed by atoms with van der Waals surface area (Å²) in [5.41, 5.74) is 0.412. The Balaban J connectivity index is 2.77. The molecule has 2 N–H and O–H groups in total. The average Bonchev–Trinajstić information content (AvgIpc) is 2.63. The minimum atomic E-state index is -0.763. The number of nitrogens with zero attached hydrogens (tertiary/aromatic N) is 1. The van der Waals surface area contributed by atoms with Gasteiger partial charge in [-0.05, 0) is 0 Å². The van der Waals surface area contributed by atoms with Crippen molar-refractivity contribution in [3.05, 3.63) is 11.1 Å². The van der Waals surface area contributed by atoms with E-state index >= 15 is 0 Å². The van der Waals surface area contributed by atoms with Crippen LogP contribution in [0.3, 0.4) is 0 Å². The first-order valence-electron chi connectivity index (χ1n) is 4.05. The lowest BCUT2D eigenvalue weighted by Crippen LogP contribution is -2.27. The van der Waals surface area contributed by atoms with Crippen LogP contribution in [0.5, 0.6) is 0 Å². The fraction of sp³-hybridized carbons (Fsp3) is 0.250. The smallest absolute Gasteiger partial charge is 0.217 e. The lowest BCUT2D eigenvalue weighted by molar-refractivity contribution is -0.122. The maximum Gasteiger partial charge on any atom is 0.217 e. The molecule has 0 aliphatic rings. The van der Waals surface area contributed by atoms with Crippen LogP contribution < -0.4 is 10.6 Å². The first-order valence-corrected chi connectivity index (χ1v) is 4.93. The van der Waals surface area contributed by atoms with E-state index in [4.69, 9.17) is 0 Å². The van der Waals surface area contributed by atoms with Gasteiger partial charge in [0.15, 0.2) is 5.13 Å². The molecular weight excluding hydrogens is 218 g/mol. The molecule has 0 aromatic carbocycles. The molecule has 0 spiro atoms. The Morgan fingerprint density at radius 3 is 2.87 bits per heavy atom. The molecule has 0 saturated carbocycles. The topological polar surface area (TPSA) is 88.2 Å². The van der Waals surface area contributed by atoms with Gasteiger partial charge in [0.1, 0.15) is 12.3 Å². The largest absolute Gasteiger partial charge is 0.341 e. The fourth-order valence-corrected chi connectivity index (χ4v) is 1.65. The summed E-state index contributed by atoms with van der Waals surface area (Å²) in [6.07, 6.45) is 1.08. The second kappa shape index (κ2) is 5.20. The van der Waals surface area contributed by atoms with Crippen LogP contribution in [0.15, 0.2) is 5.38 Å². The highest BCUT2D eigenvalue weighted by Crippen LogP contribution is 2.19. The van der Waals surface area contributed by atoms with Crippen molar-refractivity contribution < 1.29 is 14.4 Å². The van der Waals surface area contributed by atoms with Gasteiger partial charge in [-0.3, -0.25) is 9.59 Å². The van der Waals surface area contributed by atoms with Gasteiger partial charge >= 0.3 is 0 Å². The number of hydrogen-bond acceptors (Lipinski definition) is 5. The number of hydrogen-bond donors (Lipinski definition) is 2. The molecule has 0 aliphatic heterocycles. The van der Waals surface area contributed by atoms with Crippen LogP contribution in [-0.4, -0.2) is 23.6 Å². The highest BCUT2D eigenvalue weighted by atomic mass is 32.1. The Labute approximate surface area is 89.7 Å². The van der Waals surface area contributed by atoms with Crippen molar-refractivity contribution in [3.8, 4) is 0 Å². The quantitative estimate of drug-likeness (QED) is 0.698. The van der Waals surface area contributed by atoms with Crippen molar-refractivity contribution in [2.75, 3.05) is 5.32 Å². The zero-order valence-electron chi connectivity index (χ0n) is 7.89. The number of anilines is 1. The maximum atomic E-state index is 10.8. The third-order valence-electron chi connectivity index (χ3n) is 1.52. The first-order chi connectivity index (χ1) is 7.17. The summed E-state index contributed by atoms with van der Waals surface area (Å²) in [6.45, 7) is 1.31. The van der Waals surface area contributed by atoms with Crippen LogP contribution in [0, 0.1) is 0 Å². The molecule has 1 heterocycles. The van der Waals surface area contributed by atoms with Crippen LogP contribution in [0.1, 0.15) is 18.7 Å². The number of carbonyl (C=O) groups excluding carboxylic acids is 3. The fourth-order valence-electron chi connectivity index (χ4n) is 0.942. The van der Waals surface area contributed by atoms with Crippen LogP contribution in [0.25, 0.3) is 0 Å². The molecule has 1 rings (SSSR count). The first kappa shape index (κ1) is 11.3. The number of nitrogens with one attached hydrogen (secondary N) is 2. The Morgan fingerprint density at radius 1 is 1.60 bits per heavy atom. The van der Waals surface area contributed by atoms with Crippen molar-refractivity contribution in [1.29, 1.82) is 0 Å². The summed E-state index contributed by atoms with van der Waals surface area (Å²) in [5, 5.41) is 6.77. The third-order valence-corrected chi connectivity index (χ3v) is 2.31. The van der Waals surface area contributed by atoms with E-state index in [0.717, 1.165) is 0 Å². The highest BCUT2D eigenvalue weighted by molar-refractivity contribution is 7.13. The van der Waals surface area contributed by atoms with E-state index in [1.807, 2.05) is 0 Å². The number of carbonyl (C=O) groups is 3. The van der Waals surface area contributed by atoms with Crippen molar-refractivity contribution in [2.45, 2.75) is 13.0 Å². The molecular formula is C8H9N3O3S. The number of rotatable bonds is 5. The molecule has 6 nitrogen and oxygen atoms in total. The van der Waals surface area contributed by atoms with Gasteiger partial charge in [-0.25, -0.2) is 4.98 Å². The Kier molecular flexibility index (Phi) is 3.92. The van der Waals surface area contributed by atoms with Crippen molar-refractivity contribution in [3.63, 3.8) is 0 Å². The van der Waals surface area contributed by atoms with Crippen LogP contribution >= 0.6 is 11.3 Å². The molecule has 1 aromatic heterocycles. The number of thiazole rings is 1. The third kappa shape index (κ3) is 3.13. The molecule has 0 bridgehead atoms. The van der Waals surface area contributed by atoms with E-state index in [0.29, 0.717) is 23.5 Å². The van der Waals surface area contributed by atoms with Gasteiger partial charge < -0.3 is 15.4 Å². The molecule has 2 amide bonds. The van der Waals surface area contributed by atoms with Crippen LogP contribution in [0.4, 0.5) is 5.13 Å². The monoisotopic (exact) mass is 227 g/mol. The second-order valence-corrected chi connectivity index (χ2v) is 3.51. The minimum Gasteiger partial charge on any atom is -0.341 e. The molecule has 0 radical (unpaired) electrons. The lowest BCUT2D eigenvalue weighted by atomic mass is 10.2. The van der Waals surface area contributed by atoms with Crippen LogP contribution in [0.2, 0.25) is 0 Å². The zero-order valence-corrected chi connectivity index (χ0v) is 8.71. The van der Waals surface area contributed by atoms with E-state index in [9.17, 15) is 14.4 Å². The molecule has 1 atom stereocenters. The van der Waals surface area contributed by atoms with Crippen LogP contribution in [-0.2, 0) is 14.4 Å². The van der Waals surface area contributed by atoms with Crippen molar-refractivity contribution in [2.24, 2.45) is 0 Å². The summed E-state index contributed by atoms with van der Waals surface area (Å²) in [7, 11) is 0. The van der Waals surface area contributed by atoms with E-state index in [1.165, 1.54) is 18.3 Å². The summed E-state index contributed by atoms with van der Waals surface area (Å²) < 4.78 is 0.